The van der Waals surface area contributed by atoms with Crippen LogP contribution in [-0.2, 0) is 14.3 Å². The second kappa shape index (κ2) is 7.23. The number of hydrogen-bond donors (Lipinski definition) is 0. The molecule has 2 atom stereocenters. The minimum atomic E-state index is -3.77. The van der Waals surface area contributed by atoms with Crippen molar-refractivity contribution in [3.63, 3.8) is 0 Å². The monoisotopic (exact) mass is 363 g/mol. The van der Waals surface area contributed by atoms with Crippen molar-refractivity contribution in [3.05, 3.63) is 65.5 Å². The Labute approximate surface area is 148 Å². The van der Waals surface area contributed by atoms with Gasteiger partial charge in [-0.25, -0.2) is 4.39 Å². The molecule has 6 heteroatoms. The topological polar surface area (TPSA) is 46.6 Å². The van der Waals surface area contributed by atoms with Gasteiger partial charge in [0.05, 0.1) is 11.5 Å². The highest BCUT2D eigenvalue weighted by atomic mass is 32.2. The molecule has 0 radical (unpaired) electrons. The molecule has 0 N–H and O–H groups in total. The molecule has 2 aromatic carbocycles. The summed E-state index contributed by atoms with van der Waals surface area (Å²) >= 11 is 0. The SMILES string of the molecule is Cc1ccc(S(=O)(=O)OC[C@H]2CN(C)C[C@H]2c2ccc(F)cc2)cc1. The molecule has 1 saturated heterocycles. The smallest absolute Gasteiger partial charge is 0.296 e. The van der Waals surface area contributed by atoms with E-state index in [0.29, 0.717) is 0 Å². The molecule has 3 rings (SSSR count). The predicted molar refractivity (Wildman–Crippen MR) is 94.4 cm³/mol. The molecule has 0 spiro atoms. The van der Waals surface area contributed by atoms with Crippen molar-refractivity contribution in [2.75, 3.05) is 26.7 Å². The molecule has 25 heavy (non-hydrogen) atoms. The number of likely N-dealkylation sites (tertiary alicyclic amines) is 1. The third-order valence-corrected chi connectivity index (χ3v) is 5.96. The predicted octanol–water partition coefficient (Wildman–Crippen LogP) is 3.18. The largest absolute Gasteiger partial charge is 0.305 e. The fraction of sp³-hybridized carbons (Fsp3) is 0.368. The standard InChI is InChI=1S/C19H22FNO3S/c1-14-3-9-18(10-4-14)25(22,23)24-13-16-11-21(2)12-19(16)15-5-7-17(20)8-6-15/h3-10,16,19H,11-13H2,1-2H3/t16-,19+/m1/s1. The van der Waals surface area contributed by atoms with Gasteiger partial charge in [0.2, 0.25) is 0 Å². The molecule has 1 aliphatic heterocycles. The van der Waals surface area contributed by atoms with Crippen LogP contribution in [-0.4, -0.2) is 40.1 Å². The number of aryl methyl sites for hydroxylation is 1. The van der Waals surface area contributed by atoms with Crippen molar-refractivity contribution in [1.29, 1.82) is 0 Å². The first kappa shape index (κ1) is 18.0. The maximum atomic E-state index is 13.2. The molecule has 2 aromatic rings. The highest BCUT2D eigenvalue weighted by Crippen LogP contribution is 2.33. The first-order valence-electron chi connectivity index (χ1n) is 8.25. The van der Waals surface area contributed by atoms with E-state index in [1.54, 1.807) is 36.4 Å². The molecular weight excluding hydrogens is 341 g/mol. The van der Waals surface area contributed by atoms with Crippen LogP contribution >= 0.6 is 0 Å². The normalized spacial score (nSPS) is 21.6. The second-order valence-electron chi connectivity index (χ2n) is 6.69. The van der Waals surface area contributed by atoms with Crippen LogP contribution in [0.1, 0.15) is 17.0 Å². The minimum Gasteiger partial charge on any atom is -0.305 e. The lowest BCUT2D eigenvalue weighted by atomic mass is 9.89. The third-order valence-electron chi connectivity index (χ3n) is 4.67. The number of halogens is 1. The fourth-order valence-corrected chi connectivity index (χ4v) is 4.25. The average Bonchev–Trinajstić information content (AvgIpc) is 2.95. The number of likely N-dealkylation sites (N-methyl/N-ethyl adjacent to an activating group) is 1. The van der Waals surface area contributed by atoms with Crippen LogP contribution in [0, 0.1) is 18.7 Å². The molecule has 0 saturated carbocycles. The van der Waals surface area contributed by atoms with E-state index >= 15 is 0 Å². The van der Waals surface area contributed by atoms with Crippen LogP contribution < -0.4 is 0 Å². The third kappa shape index (κ3) is 4.26. The Hall–Kier alpha value is -1.76. The van der Waals surface area contributed by atoms with Gasteiger partial charge in [-0.1, -0.05) is 29.8 Å². The fourth-order valence-electron chi connectivity index (χ4n) is 3.29. The van der Waals surface area contributed by atoms with Gasteiger partial charge in [-0.05, 0) is 43.8 Å². The Morgan fingerprint density at radius 2 is 1.72 bits per heavy atom. The summed E-state index contributed by atoms with van der Waals surface area (Å²) in [7, 11) is -1.78. The summed E-state index contributed by atoms with van der Waals surface area (Å²) in [6.45, 7) is 3.55. The maximum absolute atomic E-state index is 13.2. The van der Waals surface area contributed by atoms with Crippen molar-refractivity contribution in [3.8, 4) is 0 Å². The van der Waals surface area contributed by atoms with Crippen LogP contribution in [0.3, 0.4) is 0 Å². The molecule has 0 aromatic heterocycles. The van der Waals surface area contributed by atoms with E-state index in [1.165, 1.54) is 12.1 Å². The molecular formula is C19H22FNO3S. The van der Waals surface area contributed by atoms with E-state index in [-0.39, 0.29) is 29.2 Å². The summed E-state index contributed by atoms with van der Waals surface area (Å²) < 4.78 is 43.3. The zero-order valence-corrected chi connectivity index (χ0v) is 15.2. The summed E-state index contributed by atoms with van der Waals surface area (Å²) in [5.41, 5.74) is 2.00. The molecule has 1 fully saturated rings. The van der Waals surface area contributed by atoms with Crippen LogP contribution in [0.5, 0.6) is 0 Å². The zero-order valence-electron chi connectivity index (χ0n) is 14.4. The quantitative estimate of drug-likeness (QED) is 0.766. The highest BCUT2D eigenvalue weighted by Gasteiger charge is 2.33. The number of rotatable bonds is 5. The Balaban J connectivity index is 1.72. The van der Waals surface area contributed by atoms with Gasteiger partial charge in [0, 0.05) is 24.9 Å². The van der Waals surface area contributed by atoms with Gasteiger partial charge in [0.15, 0.2) is 0 Å². The summed E-state index contributed by atoms with van der Waals surface area (Å²) in [6.07, 6.45) is 0. The molecule has 0 amide bonds. The van der Waals surface area contributed by atoms with E-state index in [2.05, 4.69) is 4.90 Å². The second-order valence-corrected chi connectivity index (χ2v) is 8.31. The molecule has 1 aliphatic rings. The number of benzene rings is 2. The van der Waals surface area contributed by atoms with Crippen LogP contribution in [0.4, 0.5) is 4.39 Å². The van der Waals surface area contributed by atoms with E-state index in [0.717, 1.165) is 24.2 Å². The van der Waals surface area contributed by atoms with Gasteiger partial charge in [-0.2, -0.15) is 8.42 Å². The van der Waals surface area contributed by atoms with Crippen molar-refractivity contribution in [2.24, 2.45) is 5.92 Å². The molecule has 0 aliphatic carbocycles. The van der Waals surface area contributed by atoms with Crippen LogP contribution in [0.2, 0.25) is 0 Å². The highest BCUT2D eigenvalue weighted by molar-refractivity contribution is 7.86. The minimum absolute atomic E-state index is 0.0377. The lowest BCUT2D eigenvalue weighted by Gasteiger charge is -2.18. The van der Waals surface area contributed by atoms with Gasteiger partial charge >= 0.3 is 0 Å². The molecule has 0 unspecified atom stereocenters. The van der Waals surface area contributed by atoms with Crippen molar-refractivity contribution in [1.82, 2.24) is 4.90 Å². The van der Waals surface area contributed by atoms with Gasteiger partial charge in [0.1, 0.15) is 5.82 Å². The van der Waals surface area contributed by atoms with E-state index in [9.17, 15) is 12.8 Å². The molecule has 134 valence electrons. The van der Waals surface area contributed by atoms with E-state index in [4.69, 9.17) is 4.18 Å². The summed E-state index contributed by atoms with van der Waals surface area (Å²) in [5, 5.41) is 0. The number of hydrogen-bond acceptors (Lipinski definition) is 4. The number of nitrogens with zero attached hydrogens (tertiary/aromatic N) is 1. The summed E-state index contributed by atoms with van der Waals surface area (Å²) in [6, 6.07) is 13.0. The molecule has 4 nitrogen and oxygen atoms in total. The van der Waals surface area contributed by atoms with Crippen molar-refractivity contribution >= 4 is 10.1 Å². The lowest BCUT2D eigenvalue weighted by Crippen LogP contribution is -2.21. The zero-order chi connectivity index (χ0) is 18.0. The average molecular weight is 363 g/mol. The summed E-state index contributed by atoms with van der Waals surface area (Å²) in [4.78, 5) is 2.31. The van der Waals surface area contributed by atoms with Gasteiger partial charge in [-0.15, -0.1) is 0 Å². The van der Waals surface area contributed by atoms with Gasteiger partial charge in [-0.3, -0.25) is 4.18 Å². The Morgan fingerprint density at radius 3 is 2.36 bits per heavy atom. The molecule has 0 bridgehead atoms. The van der Waals surface area contributed by atoms with Gasteiger partial charge < -0.3 is 4.90 Å². The Kier molecular flexibility index (Phi) is 5.22. The molecule has 1 heterocycles. The first-order chi connectivity index (χ1) is 11.8. The lowest BCUT2D eigenvalue weighted by molar-refractivity contribution is 0.245. The van der Waals surface area contributed by atoms with Crippen molar-refractivity contribution < 1.29 is 17.0 Å². The van der Waals surface area contributed by atoms with Crippen LogP contribution in [0.25, 0.3) is 0 Å². The van der Waals surface area contributed by atoms with Gasteiger partial charge in [0.25, 0.3) is 10.1 Å². The Morgan fingerprint density at radius 1 is 1.08 bits per heavy atom. The van der Waals surface area contributed by atoms with Crippen LogP contribution in [0.15, 0.2) is 53.4 Å². The maximum Gasteiger partial charge on any atom is 0.296 e. The van der Waals surface area contributed by atoms with Crippen molar-refractivity contribution in [2.45, 2.75) is 17.7 Å². The first-order valence-corrected chi connectivity index (χ1v) is 9.66. The summed E-state index contributed by atoms with van der Waals surface area (Å²) in [5.74, 6) is -0.112. The van der Waals surface area contributed by atoms with E-state index in [1.807, 2.05) is 14.0 Å². The Bertz CT molecular complexity index is 819. The van der Waals surface area contributed by atoms with E-state index < -0.39 is 10.1 Å².